The van der Waals surface area contributed by atoms with E-state index in [2.05, 4.69) is 0 Å². The van der Waals surface area contributed by atoms with Gasteiger partial charge < -0.3 is 10.2 Å². The van der Waals surface area contributed by atoms with Crippen LogP contribution in [0.2, 0.25) is 0 Å². The van der Waals surface area contributed by atoms with Crippen molar-refractivity contribution in [2.45, 2.75) is 38.9 Å². The molecule has 6 atom stereocenters. The molecule has 1 fully saturated rings. The van der Waals surface area contributed by atoms with E-state index in [1.807, 2.05) is 19.9 Å². The highest BCUT2D eigenvalue weighted by molar-refractivity contribution is 6.01. The monoisotopic (exact) mass is 276 g/mol. The van der Waals surface area contributed by atoms with Crippen molar-refractivity contribution in [2.24, 2.45) is 23.7 Å². The molecule has 5 unspecified atom stereocenters. The van der Waals surface area contributed by atoms with Crippen molar-refractivity contribution >= 4 is 11.6 Å². The van der Waals surface area contributed by atoms with Gasteiger partial charge in [0.05, 0.1) is 0 Å². The fraction of sp³-hybridized carbons (Fsp3) is 0.625. The number of ketones is 2. The molecule has 108 valence electrons. The molecule has 0 aliphatic heterocycles. The predicted molar refractivity (Wildman–Crippen MR) is 72.7 cm³/mol. The summed E-state index contributed by atoms with van der Waals surface area (Å²) in [5.74, 6) is -2.12. The summed E-state index contributed by atoms with van der Waals surface area (Å²) in [7, 11) is 0. The summed E-state index contributed by atoms with van der Waals surface area (Å²) in [5, 5.41) is 21.2. The zero-order valence-electron chi connectivity index (χ0n) is 12.2. The second-order valence-electron chi connectivity index (χ2n) is 6.88. The molecule has 2 N–H and O–H groups in total. The van der Waals surface area contributed by atoms with Crippen LogP contribution < -0.4 is 0 Å². The SMILES string of the molecule is CC1=CC2C3C(C(C)=CC(=O)[C@@]3(C)O)C1C(=O)C2(C)O. The van der Waals surface area contributed by atoms with Gasteiger partial charge in [-0.1, -0.05) is 17.2 Å². The smallest absolute Gasteiger partial charge is 0.187 e. The average Bonchev–Trinajstić information content (AvgIpc) is 2.32. The average molecular weight is 276 g/mol. The van der Waals surface area contributed by atoms with Crippen molar-refractivity contribution in [1.29, 1.82) is 0 Å². The molecule has 2 bridgehead atoms. The van der Waals surface area contributed by atoms with E-state index in [0.717, 1.165) is 11.1 Å². The first-order valence-corrected chi connectivity index (χ1v) is 7.00. The molecule has 4 heteroatoms. The van der Waals surface area contributed by atoms with E-state index in [4.69, 9.17) is 0 Å². The van der Waals surface area contributed by atoms with E-state index >= 15 is 0 Å². The minimum absolute atomic E-state index is 0.189. The number of rotatable bonds is 0. The lowest BCUT2D eigenvalue weighted by atomic mass is 9.47. The van der Waals surface area contributed by atoms with E-state index in [0.29, 0.717) is 0 Å². The van der Waals surface area contributed by atoms with Crippen molar-refractivity contribution in [3.8, 4) is 0 Å². The van der Waals surface area contributed by atoms with Crippen LogP contribution in [0.25, 0.3) is 0 Å². The number of hydrogen-bond acceptors (Lipinski definition) is 4. The molecule has 0 heterocycles. The standard InChI is InChI=1S/C16H20O4/c1-7-5-9-13-11(12(7)14(18)15(9,3)19)8(2)6-10(17)16(13,4)20/h5-6,9,11-13,19-20H,1-4H3/t9?,11?,12?,13?,15?,16-/m1/s1. The van der Waals surface area contributed by atoms with Crippen LogP contribution in [-0.4, -0.2) is 33.0 Å². The molecule has 0 amide bonds. The van der Waals surface area contributed by atoms with Crippen LogP contribution in [0, 0.1) is 23.7 Å². The molecular weight excluding hydrogens is 256 g/mol. The highest BCUT2D eigenvalue weighted by atomic mass is 16.3. The zero-order chi connectivity index (χ0) is 15.0. The van der Waals surface area contributed by atoms with Gasteiger partial charge in [-0.25, -0.2) is 0 Å². The predicted octanol–water partition coefficient (Wildman–Crippen LogP) is 1.02. The number of hydrogen-bond donors (Lipinski definition) is 2. The van der Waals surface area contributed by atoms with E-state index in [-0.39, 0.29) is 17.5 Å². The molecule has 0 radical (unpaired) electrons. The van der Waals surface area contributed by atoms with Crippen LogP contribution in [0.3, 0.4) is 0 Å². The summed E-state index contributed by atoms with van der Waals surface area (Å²) in [5.41, 5.74) is -1.27. The summed E-state index contributed by atoms with van der Waals surface area (Å²) in [4.78, 5) is 24.6. The van der Waals surface area contributed by atoms with Gasteiger partial charge in [-0.05, 0) is 33.8 Å². The van der Waals surface area contributed by atoms with Gasteiger partial charge in [0, 0.05) is 23.7 Å². The number of carbonyl (C=O) groups excluding carboxylic acids is 2. The topological polar surface area (TPSA) is 74.6 Å². The van der Waals surface area contributed by atoms with Crippen molar-refractivity contribution < 1.29 is 19.8 Å². The van der Waals surface area contributed by atoms with Gasteiger partial charge in [0.15, 0.2) is 11.6 Å². The lowest BCUT2D eigenvalue weighted by Gasteiger charge is -2.57. The van der Waals surface area contributed by atoms with Crippen molar-refractivity contribution in [1.82, 2.24) is 0 Å². The second kappa shape index (κ2) is 3.68. The number of aliphatic hydroxyl groups is 2. The van der Waals surface area contributed by atoms with Crippen LogP contribution in [0.1, 0.15) is 27.7 Å². The molecular formula is C16H20O4. The quantitative estimate of drug-likeness (QED) is 0.648. The molecule has 0 aromatic carbocycles. The molecule has 0 aromatic heterocycles. The molecule has 0 spiro atoms. The number of Topliss-reactive ketones (excluding diaryl/α,β-unsaturated/α-hetero) is 1. The summed E-state index contributed by atoms with van der Waals surface area (Å²) >= 11 is 0. The fourth-order valence-electron chi connectivity index (χ4n) is 4.42. The van der Waals surface area contributed by atoms with Gasteiger partial charge in [-0.15, -0.1) is 0 Å². The van der Waals surface area contributed by atoms with Gasteiger partial charge >= 0.3 is 0 Å². The third-order valence-corrected chi connectivity index (χ3v) is 5.53. The molecule has 4 rings (SSSR count). The summed E-state index contributed by atoms with van der Waals surface area (Å²) in [6, 6.07) is 0. The lowest BCUT2D eigenvalue weighted by molar-refractivity contribution is -0.177. The number of fused-ring (bicyclic) bond motifs is 1. The van der Waals surface area contributed by atoms with Gasteiger partial charge in [0.2, 0.25) is 0 Å². The molecule has 0 aromatic rings. The maximum Gasteiger partial charge on any atom is 0.187 e. The van der Waals surface area contributed by atoms with Crippen LogP contribution in [0.4, 0.5) is 0 Å². The lowest BCUT2D eigenvalue weighted by Crippen LogP contribution is -2.67. The third-order valence-electron chi connectivity index (χ3n) is 5.53. The molecule has 1 saturated carbocycles. The van der Waals surface area contributed by atoms with Gasteiger partial charge in [0.1, 0.15) is 11.2 Å². The van der Waals surface area contributed by atoms with Gasteiger partial charge in [0.25, 0.3) is 0 Å². The minimum atomic E-state index is -1.53. The Balaban J connectivity index is 2.25. The van der Waals surface area contributed by atoms with Gasteiger partial charge in [-0.2, -0.15) is 0 Å². The largest absolute Gasteiger partial charge is 0.382 e. The van der Waals surface area contributed by atoms with E-state index in [1.54, 1.807) is 0 Å². The zero-order valence-corrected chi connectivity index (χ0v) is 12.2. The Bertz CT molecular complexity index is 579. The summed E-state index contributed by atoms with van der Waals surface area (Å²) in [6.45, 7) is 6.72. The Morgan fingerprint density at radius 2 is 1.65 bits per heavy atom. The highest BCUT2D eigenvalue weighted by Gasteiger charge is 2.65. The van der Waals surface area contributed by atoms with Crippen LogP contribution in [0.5, 0.6) is 0 Å². The first kappa shape index (κ1) is 13.7. The fourth-order valence-corrected chi connectivity index (χ4v) is 4.42. The van der Waals surface area contributed by atoms with E-state index < -0.39 is 29.0 Å². The Hall–Kier alpha value is -1.26. The first-order chi connectivity index (χ1) is 9.10. The molecule has 4 nitrogen and oxygen atoms in total. The van der Waals surface area contributed by atoms with E-state index in [9.17, 15) is 19.8 Å². The number of carbonyl (C=O) groups is 2. The van der Waals surface area contributed by atoms with E-state index in [1.165, 1.54) is 19.9 Å². The summed E-state index contributed by atoms with van der Waals surface area (Å²) in [6.07, 6.45) is 3.32. The van der Waals surface area contributed by atoms with Crippen LogP contribution in [0.15, 0.2) is 23.3 Å². The third kappa shape index (κ3) is 1.38. The van der Waals surface area contributed by atoms with Gasteiger partial charge in [-0.3, -0.25) is 9.59 Å². The van der Waals surface area contributed by atoms with Crippen LogP contribution in [-0.2, 0) is 9.59 Å². The normalized spacial score (nSPS) is 50.7. The van der Waals surface area contributed by atoms with Crippen molar-refractivity contribution in [3.63, 3.8) is 0 Å². The molecule has 4 aliphatic rings. The second-order valence-corrected chi connectivity index (χ2v) is 6.88. The van der Waals surface area contributed by atoms with Crippen molar-refractivity contribution in [3.05, 3.63) is 23.3 Å². The summed E-state index contributed by atoms with van der Waals surface area (Å²) < 4.78 is 0. The van der Waals surface area contributed by atoms with Crippen LogP contribution >= 0.6 is 0 Å². The molecule has 20 heavy (non-hydrogen) atoms. The Morgan fingerprint density at radius 1 is 1.05 bits per heavy atom. The van der Waals surface area contributed by atoms with Crippen molar-refractivity contribution in [2.75, 3.05) is 0 Å². The Labute approximate surface area is 118 Å². The Morgan fingerprint density at radius 3 is 2.25 bits per heavy atom. The minimum Gasteiger partial charge on any atom is -0.382 e. The maximum atomic E-state index is 12.5. The highest BCUT2D eigenvalue weighted by Crippen LogP contribution is 2.57. The Kier molecular flexibility index (Phi) is 2.52. The number of allylic oxidation sites excluding steroid dienone is 2. The first-order valence-electron chi connectivity index (χ1n) is 7.00. The maximum absolute atomic E-state index is 12.5. The molecule has 0 saturated heterocycles. The molecule has 4 aliphatic carbocycles.